The molecule has 2 atom stereocenters. The van der Waals surface area contributed by atoms with Crippen LogP contribution in [0.2, 0.25) is 0 Å². The lowest BCUT2D eigenvalue weighted by atomic mass is 10.0. The summed E-state index contributed by atoms with van der Waals surface area (Å²) in [6.45, 7) is 3.75. The summed E-state index contributed by atoms with van der Waals surface area (Å²) in [4.78, 5) is 0. The van der Waals surface area contributed by atoms with Gasteiger partial charge in [0.05, 0.1) is 11.8 Å². The van der Waals surface area contributed by atoms with E-state index in [4.69, 9.17) is 4.52 Å². The van der Waals surface area contributed by atoms with Crippen LogP contribution in [0.15, 0.2) is 84.9 Å². The van der Waals surface area contributed by atoms with Gasteiger partial charge in [0, 0.05) is 10.9 Å². The van der Waals surface area contributed by atoms with Crippen molar-refractivity contribution < 1.29 is 14.2 Å². The molecule has 1 N–H and O–H groups in total. The highest BCUT2D eigenvalue weighted by molar-refractivity contribution is 7.67. The zero-order valence-corrected chi connectivity index (χ0v) is 15.8. The molecular weight excluding hydrogens is 343 g/mol. The standard InChI is InChI=1S/C22H23O3P/c1-17(2)25-26(24,19-13-7-4-8-14-19)22(18-11-5-3-6-12-18)20-15-9-10-16-21(20)23/h3-17,22-23H,1-2H3. The zero-order valence-electron chi connectivity index (χ0n) is 14.9. The first-order valence-electron chi connectivity index (χ1n) is 8.69. The molecule has 0 fully saturated rings. The third-order valence-corrected chi connectivity index (χ3v) is 7.18. The first kappa shape index (κ1) is 18.4. The molecule has 0 aliphatic rings. The van der Waals surface area contributed by atoms with Gasteiger partial charge in [0.15, 0.2) is 0 Å². The highest BCUT2D eigenvalue weighted by atomic mass is 31.2. The van der Waals surface area contributed by atoms with Crippen LogP contribution in [-0.2, 0) is 9.09 Å². The van der Waals surface area contributed by atoms with E-state index in [1.54, 1.807) is 12.1 Å². The average Bonchev–Trinajstić information content (AvgIpc) is 2.64. The number of hydrogen-bond donors (Lipinski definition) is 1. The lowest BCUT2D eigenvalue weighted by Gasteiger charge is -2.30. The SMILES string of the molecule is CC(C)OP(=O)(c1ccccc1)C(c1ccccc1)c1ccccc1O. The third kappa shape index (κ3) is 3.75. The van der Waals surface area contributed by atoms with Crippen LogP contribution in [0.4, 0.5) is 0 Å². The molecule has 3 rings (SSSR count). The molecule has 0 saturated heterocycles. The van der Waals surface area contributed by atoms with Crippen molar-refractivity contribution >= 4 is 12.7 Å². The van der Waals surface area contributed by atoms with Gasteiger partial charge < -0.3 is 9.63 Å². The quantitative estimate of drug-likeness (QED) is 0.585. The van der Waals surface area contributed by atoms with Crippen LogP contribution in [0.25, 0.3) is 0 Å². The molecule has 26 heavy (non-hydrogen) atoms. The van der Waals surface area contributed by atoms with E-state index in [1.807, 2.05) is 86.6 Å². The number of phenolic OH excluding ortho intramolecular Hbond substituents is 1. The summed E-state index contributed by atoms with van der Waals surface area (Å²) in [6.07, 6.45) is -0.224. The summed E-state index contributed by atoms with van der Waals surface area (Å²) in [5.74, 6) is 0.116. The van der Waals surface area contributed by atoms with E-state index in [0.29, 0.717) is 10.9 Å². The van der Waals surface area contributed by atoms with Crippen LogP contribution >= 0.6 is 7.37 Å². The van der Waals surface area contributed by atoms with Crippen molar-refractivity contribution in [1.29, 1.82) is 0 Å². The second-order valence-corrected chi connectivity index (χ2v) is 8.90. The maximum atomic E-state index is 14.3. The first-order valence-corrected chi connectivity index (χ1v) is 10.4. The van der Waals surface area contributed by atoms with E-state index in [0.717, 1.165) is 5.56 Å². The largest absolute Gasteiger partial charge is 0.508 e. The molecule has 134 valence electrons. The molecule has 3 nitrogen and oxygen atoms in total. The van der Waals surface area contributed by atoms with Crippen LogP contribution in [0, 0.1) is 0 Å². The molecule has 0 aromatic heterocycles. The van der Waals surface area contributed by atoms with Crippen molar-refractivity contribution in [3.05, 3.63) is 96.1 Å². The maximum absolute atomic E-state index is 14.3. The van der Waals surface area contributed by atoms with Crippen molar-refractivity contribution in [1.82, 2.24) is 0 Å². The van der Waals surface area contributed by atoms with Crippen LogP contribution in [0.1, 0.15) is 30.6 Å². The Bertz CT molecular complexity index is 892. The smallest absolute Gasteiger partial charge is 0.244 e. The van der Waals surface area contributed by atoms with Crippen molar-refractivity contribution in [2.45, 2.75) is 25.6 Å². The van der Waals surface area contributed by atoms with Crippen molar-refractivity contribution in [2.75, 3.05) is 0 Å². The summed E-state index contributed by atoms with van der Waals surface area (Å²) in [5, 5.41) is 11.2. The summed E-state index contributed by atoms with van der Waals surface area (Å²) >= 11 is 0. The second kappa shape index (κ2) is 7.90. The lowest BCUT2D eigenvalue weighted by Crippen LogP contribution is -2.18. The Morgan fingerprint density at radius 1 is 0.808 bits per heavy atom. The van der Waals surface area contributed by atoms with E-state index >= 15 is 0 Å². The van der Waals surface area contributed by atoms with Gasteiger partial charge >= 0.3 is 0 Å². The Morgan fingerprint density at radius 3 is 1.92 bits per heavy atom. The molecule has 0 saturated carbocycles. The predicted octanol–water partition coefficient (Wildman–Crippen LogP) is 5.51. The van der Waals surface area contributed by atoms with Crippen LogP contribution in [0.5, 0.6) is 5.75 Å². The van der Waals surface area contributed by atoms with Gasteiger partial charge in [0.2, 0.25) is 7.37 Å². The van der Waals surface area contributed by atoms with E-state index in [2.05, 4.69) is 0 Å². The van der Waals surface area contributed by atoms with Gasteiger partial charge in [0.25, 0.3) is 0 Å². The monoisotopic (exact) mass is 366 g/mol. The molecule has 0 heterocycles. The van der Waals surface area contributed by atoms with Crippen molar-refractivity contribution in [3.63, 3.8) is 0 Å². The number of hydrogen-bond acceptors (Lipinski definition) is 3. The molecular formula is C22H23O3P. The highest BCUT2D eigenvalue weighted by Gasteiger charge is 2.40. The van der Waals surface area contributed by atoms with Gasteiger partial charge in [-0.05, 0) is 37.6 Å². The minimum absolute atomic E-state index is 0.116. The average molecular weight is 366 g/mol. The van der Waals surface area contributed by atoms with Crippen LogP contribution < -0.4 is 5.30 Å². The maximum Gasteiger partial charge on any atom is 0.244 e. The van der Waals surface area contributed by atoms with Gasteiger partial charge in [-0.3, -0.25) is 4.57 Å². The molecule has 0 spiro atoms. The van der Waals surface area contributed by atoms with E-state index < -0.39 is 13.0 Å². The minimum Gasteiger partial charge on any atom is -0.508 e. The summed E-state index contributed by atoms with van der Waals surface area (Å²) < 4.78 is 20.4. The fraction of sp³-hybridized carbons (Fsp3) is 0.182. The van der Waals surface area contributed by atoms with Gasteiger partial charge in [0.1, 0.15) is 5.75 Å². The van der Waals surface area contributed by atoms with E-state index in [9.17, 15) is 9.67 Å². The molecule has 0 aliphatic carbocycles. The summed E-state index contributed by atoms with van der Waals surface area (Å²) in [7, 11) is -3.37. The molecule has 3 aromatic carbocycles. The van der Waals surface area contributed by atoms with Crippen LogP contribution in [-0.4, -0.2) is 11.2 Å². The Balaban J connectivity index is 2.27. The fourth-order valence-corrected chi connectivity index (χ4v) is 6.04. The molecule has 0 bridgehead atoms. The molecule has 2 unspecified atom stereocenters. The normalized spacial score (nSPS) is 14.7. The van der Waals surface area contributed by atoms with E-state index in [1.165, 1.54) is 0 Å². The molecule has 4 heteroatoms. The molecule has 0 aliphatic heterocycles. The third-order valence-electron chi connectivity index (χ3n) is 4.17. The van der Waals surface area contributed by atoms with Crippen LogP contribution in [0.3, 0.4) is 0 Å². The Kier molecular flexibility index (Phi) is 5.61. The molecule has 0 radical (unpaired) electrons. The van der Waals surface area contributed by atoms with Crippen molar-refractivity contribution in [2.24, 2.45) is 0 Å². The van der Waals surface area contributed by atoms with E-state index in [-0.39, 0.29) is 11.9 Å². The number of rotatable bonds is 6. The number of phenols is 1. The Labute approximate surface area is 154 Å². The molecule has 3 aromatic rings. The Hall–Kier alpha value is -2.35. The van der Waals surface area contributed by atoms with Gasteiger partial charge in [-0.25, -0.2) is 0 Å². The number of para-hydroxylation sites is 1. The summed E-state index contributed by atoms with van der Waals surface area (Å²) in [5.41, 5.74) is 0.864. The van der Waals surface area contributed by atoms with Gasteiger partial charge in [-0.15, -0.1) is 0 Å². The van der Waals surface area contributed by atoms with Crippen molar-refractivity contribution in [3.8, 4) is 5.75 Å². The minimum atomic E-state index is -3.37. The predicted molar refractivity (Wildman–Crippen MR) is 106 cm³/mol. The van der Waals surface area contributed by atoms with Gasteiger partial charge in [-0.2, -0.15) is 0 Å². The molecule has 0 amide bonds. The number of aromatic hydroxyl groups is 1. The summed E-state index contributed by atoms with van der Waals surface area (Å²) in [6, 6.07) is 25.9. The lowest BCUT2D eigenvalue weighted by molar-refractivity contribution is 0.245. The first-order chi connectivity index (χ1) is 12.5. The zero-order chi connectivity index (χ0) is 18.6. The number of benzene rings is 3. The topological polar surface area (TPSA) is 46.5 Å². The second-order valence-electron chi connectivity index (χ2n) is 6.46. The van der Waals surface area contributed by atoms with Gasteiger partial charge in [-0.1, -0.05) is 66.7 Å². The highest BCUT2D eigenvalue weighted by Crippen LogP contribution is 2.63. The fourth-order valence-electron chi connectivity index (χ4n) is 3.13. The Morgan fingerprint density at radius 2 is 1.35 bits per heavy atom.